The van der Waals surface area contributed by atoms with Crippen molar-refractivity contribution < 1.29 is 24.0 Å². The molecule has 0 aliphatic heterocycles. The number of rotatable bonds is 9. The van der Waals surface area contributed by atoms with E-state index in [1.807, 2.05) is 0 Å². The van der Waals surface area contributed by atoms with Gasteiger partial charge in [0, 0.05) is 28.9 Å². The second-order valence-corrected chi connectivity index (χ2v) is 9.20. The molecule has 38 heavy (non-hydrogen) atoms. The maximum absolute atomic E-state index is 13.4. The highest BCUT2D eigenvalue weighted by atomic mass is 79.9. The second kappa shape index (κ2) is 12.1. The Morgan fingerprint density at radius 3 is 2.03 bits per heavy atom. The molecule has 9 heteroatoms. The first-order chi connectivity index (χ1) is 18.3. The van der Waals surface area contributed by atoms with Crippen molar-refractivity contribution in [1.29, 1.82) is 0 Å². The van der Waals surface area contributed by atoms with E-state index < -0.39 is 27.6 Å². The Kier molecular flexibility index (Phi) is 8.40. The summed E-state index contributed by atoms with van der Waals surface area (Å²) in [5.74, 6) is -1.63. The van der Waals surface area contributed by atoms with E-state index >= 15 is 0 Å². The molecule has 4 aromatic rings. The molecule has 0 unspecified atom stereocenters. The molecule has 0 aromatic heterocycles. The van der Waals surface area contributed by atoms with Gasteiger partial charge in [-0.1, -0.05) is 82.7 Å². The van der Waals surface area contributed by atoms with Crippen LogP contribution in [0.25, 0.3) is 0 Å². The number of benzene rings is 4. The van der Waals surface area contributed by atoms with Crippen LogP contribution in [0, 0.1) is 10.1 Å². The number of alkyl halides is 1. The molecule has 0 heterocycles. The number of halogens is 1. The topological polar surface area (TPSA) is 116 Å². The van der Waals surface area contributed by atoms with Crippen LogP contribution in [0.5, 0.6) is 0 Å². The highest BCUT2D eigenvalue weighted by Crippen LogP contribution is 2.33. The van der Waals surface area contributed by atoms with Gasteiger partial charge in [0.2, 0.25) is 5.78 Å². The fourth-order valence-corrected chi connectivity index (χ4v) is 4.33. The second-order valence-electron chi connectivity index (χ2n) is 8.21. The molecular weight excluding hydrogens is 552 g/mol. The van der Waals surface area contributed by atoms with Crippen LogP contribution < -0.4 is 5.32 Å². The summed E-state index contributed by atoms with van der Waals surface area (Å²) in [6.45, 7) is 0. The van der Waals surface area contributed by atoms with E-state index in [2.05, 4.69) is 21.2 Å². The summed E-state index contributed by atoms with van der Waals surface area (Å²) in [6, 6.07) is 28.8. The van der Waals surface area contributed by atoms with Gasteiger partial charge < -0.3 is 10.1 Å². The molecule has 190 valence electrons. The zero-order valence-corrected chi connectivity index (χ0v) is 21.4. The Morgan fingerprint density at radius 2 is 1.37 bits per heavy atom. The maximum Gasteiger partial charge on any atom is 0.338 e. The van der Waals surface area contributed by atoms with Crippen molar-refractivity contribution in [3.05, 3.63) is 142 Å². The number of ketones is 1. The SMILES string of the molecule is O=C(Nc1cccc(C(=O)O[C@H](C(=O)c2ccccc2)[C@H](Br)c2cccc([N+](=O)[O-])c2)c1)c1ccccc1. The summed E-state index contributed by atoms with van der Waals surface area (Å²) in [6.07, 6.45) is -1.34. The zero-order chi connectivity index (χ0) is 27.1. The average molecular weight is 573 g/mol. The number of esters is 1. The molecule has 0 spiro atoms. The first kappa shape index (κ1) is 26.4. The number of anilines is 1. The lowest BCUT2D eigenvalue weighted by molar-refractivity contribution is -0.384. The number of non-ortho nitro benzene ring substituents is 1. The fraction of sp³-hybridized carbons (Fsp3) is 0.0690. The monoisotopic (exact) mass is 572 g/mol. The predicted molar refractivity (Wildman–Crippen MR) is 146 cm³/mol. The van der Waals surface area contributed by atoms with E-state index in [1.165, 1.54) is 30.3 Å². The number of nitro benzene ring substituents is 1. The van der Waals surface area contributed by atoms with Crippen LogP contribution in [-0.4, -0.2) is 28.7 Å². The Balaban J connectivity index is 1.60. The highest BCUT2D eigenvalue weighted by molar-refractivity contribution is 9.09. The number of amides is 1. The number of ether oxygens (including phenoxy) is 1. The van der Waals surface area contributed by atoms with Crippen LogP contribution in [0.1, 0.15) is 41.5 Å². The largest absolute Gasteiger partial charge is 0.449 e. The van der Waals surface area contributed by atoms with Gasteiger partial charge in [0.05, 0.1) is 15.3 Å². The molecular formula is C29H21BrN2O6. The fourth-order valence-electron chi connectivity index (χ4n) is 3.70. The third-order valence-corrected chi connectivity index (χ3v) is 6.62. The van der Waals surface area contributed by atoms with Gasteiger partial charge in [-0.05, 0) is 35.9 Å². The molecule has 2 atom stereocenters. The van der Waals surface area contributed by atoms with Crippen LogP contribution in [0.4, 0.5) is 11.4 Å². The Bertz CT molecular complexity index is 1480. The molecule has 0 bridgehead atoms. The molecule has 0 saturated heterocycles. The van der Waals surface area contributed by atoms with Crippen molar-refractivity contribution >= 4 is 45.0 Å². The molecule has 4 rings (SSSR count). The van der Waals surface area contributed by atoms with E-state index in [0.29, 0.717) is 22.4 Å². The third kappa shape index (κ3) is 6.37. The Morgan fingerprint density at radius 1 is 0.763 bits per heavy atom. The number of Topliss-reactive ketones (excluding diaryl/α,β-unsaturated/α-hetero) is 1. The zero-order valence-electron chi connectivity index (χ0n) is 19.8. The number of carbonyl (C=O) groups is 3. The van der Waals surface area contributed by atoms with Crippen LogP contribution in [0.2, 0.25) is 0 Å². The first-order valence-electron chi connectivity index (χ1n) is 11.5. The number of nitrogens with one attached hydrogen (secondary N) is 1. The van der Waals surface area contributed by atoms with Gasteiger partial charge in [-0.25, -0.2) is 4.79 Å². The minimum absolute atomic E-state index is 0.112. The molecule has 0 saturated carbocycles. The van der Waals surface area contributed by atoms with Crippen molar-refractivity contribution in [1.82, 2.24) is 0 Å². The van der Waals surface area contributed by atoms with Gasteiger partial charge in [-0.15, -0.1) is 0 Å². The molecule has 8 nitrogen and oxygen atoms in total. The van der Waals surface area contributed by atoms with E-state index in [9.17, 15) is 24.5 Å². The summed E-state index contributed by atoms with van der Waals surface area (Å²) >= 11 is 3.43. The van der Waals surface area contributed by atoms with Gasteiger partial charge in [-0.2, -0.15) is 0 Å². The lowest BCUT2D eigenvalue weighted by Crippen LogP contribution is -2.31. The summed E-state index contributed by atoms with van der Waals surface area (Å²) in [4.78, 5) is 49.0. The van der Waals surface area contributed by atoms with Crippen LogP contribution in [0.3, 0.4) is 0 Å². The number of hydrogen-bond acceptors (Lipinski definition) is 6. The Labute approximate surface area is 226 Å². The van der Waals surface area contributed by atoms with Crippen molar-refractivity contribution in [3.8, 4) is 0 Å². The average Bonchev–Trinajstić information content (AvgIpc) is 2.96. The predicted octanol–water partition coefficient (Wildman–Crippen LogP) is 6.39. The van der Waals surface area contributed by atoms with Gasteiger partial charge in [0.25, 0.3) is 11.6 Å². The van der Waals surface area contributed by atoms with Crippen molar-refractivity contribution in [2.45, 2.75) is 10.9 Å². The quantitative estimate of drug-likeness (QED) is 0.0816. The van der Waals surface area contributed by atoms with Crippen LogP contribution >= 0.6 is 15.9 Å². The smallest absolute Gasteiger partial charge is 0.338 e. The lowest BCUT2D eigenvalue weighted by Gasteiger charge is -2.22. The molecule has 0 aliphatic rings. The van der Waals surface area contributed by atoms with Crippen molar-refractivity contribution in [2.24, 2.45) is 0 Å². The molecule has 1 N–H and O–H groups in total. The molecule has 0 radical (unpaired) electrons. The molecule has 4 aromatic carbocycles. The van der Waals surface area contributed by atoms with Crippen LogP contribution in [0.15, 0.2) is 109 Å². The van der Waals surface area contributed by atoms with E-state index in [0.717, 1.165) is 0 Å². The van der Waals surface area contributed by atoms with Crippen molar-refractivity contribution in [2.75, 3.05) is 5.32 Å². The molecule has 1 amide bonds. The number of carbonyl (C=O) groups excluding carboxylic acids is 3. The van der Waals surface area contributed by atoms with Gasteiger partial charge in [-0.3, -0.25) is 19.7 Å². The Hall–Kier alpha value is -4.63. The number of hydrogen-bond donors (Lipinski definition) is 1. The van der Waals surface area contributed by atoms with Gasteiger partial charge in [0.15, 0.2) is 6.10 Å². The van der Waals surface area contributed by atoms with Gasteiger partial charge in [0.1, 0.15) is 0 Å². The first-order valence-corrected chi connectivity index (χ1v) is 12.4. The maximum atomic E-state index is 13.4. The standard InChI is InChI=1S/C29H21BrN2O6/c30-25(21-13-8-16-24(18-21)32(36)37)27(26(33)19-9-3-1-4-10-19)38-29(35)22-14-7-15-23(17-22)31-28(34)20-11-5-2-6-12-20/h1-18,25,27H,(H,31,34)/t25-,27+/m1/s1. The molecule has 0 aliphatic carbocycles. The summed E-state index contributed by atoms with van der Waals surface area (Å²) in [7, 11) is 0. The molecule has 0 fully saturated rings. The summed E-state index contributed by atoms with van der Waals surface area (Å²) in [5, 5.41) is 14.0. The highest BCUT2D eigenvalue weighted by Gasteiger charge is 2.33. The third-order valence-electron chi connectivity index (χ3n) is 5.61. The summed E-state index contributed by atoms with van der Waals surface area (Å²) < 4.78 is 5.70. The van der Waals surface area contributed by atoms with Gasteiger partial charge >= 0.3 is 5.97 Å². The minimum atomic E-state index is -1.34. The lowest BCUT2D eigenvalue weighted by atomic mass is 9.99. The normalized spacial score (nSPS) is 12.1. The van der Waals surface area contributed by atoms with E-state index in [4.69, 9.17) is 4.74 Å². The van der Waals surface area contributed by atoms with E-state index in [-0.39, 0.29) is 17.2 Å². The number of nitrogens with zero attached hydrogens (tertiary/aromatic N) is 1. The van der Waals surface area contributed by atoms with E-state index in [1.54, 1.807) is 78.9 Å². The minimum Gasteiger partial charge on any atom is -0.449 e. The van der Waals surface area contributed by atoms with Crippen LogP contribution in [-0.2, 0) is 4.74 Å². The summed E-state index contributed by atoms with van der Waals surface area (Å²) in [5.41, 5.74) is 1.47. The number of nitro groups is 1. The van der Waals surface area contributed by atoms with Crippen molar-refractivity contribution in [3.63, 3.8) is 0 Å².